The number of carbonyl (C=O) groups is 1. The summed E-state index contributed by atoms with van der Waals surface area (Å²) in [6.07, 6.45) is 6.78. The maximum atomic E-state index is 13.2. The monoisotopic (exact) mass is 324 g/mol. The first-order valence-electron chi connectivity index (χ1n) is 8.16. The molecule has 24 heavy (non-hydrogen) atoms. The first-order valence-corrected chi connectivity index (χ1v) is 8.16. The zero-order valence-corrected chi connectivity index (χ0v) is 13.5. The van der Waals surface area contributed by atoms with Crippen LogP contribution in [-0.4, -0.2) is 39.0 Å². The van der Waals surface area contributed by atoms with Crippen molar-refractivity contribution in [1.29, 1.82) is 0 Å². The molecule has 0 aliphatic carbocycles. The minimum absolute atomic E-state index is 0.0348. The third kappa shape index (κ3) is 2.28. The number of fused-ring (bicyclic) bond motifs is 1. The Hall–Kier alpha value is -2.67. The average molecular weight is 324 g/mol. The van der Waals surface area contributed by atoms with Crippen LogP contribution in [0.4, 0.5) is 5.69 Å². The quantitative estimate of drug-likeness (QED) is 0.685. The number of hydrogen-bond acceptors (Lipinski definition) is 4. The van der Waals surface area contributed by atoms with Gasteiger partial charge in [-0.25, -0.2) is 0 Å². The van der Waals surface area contributed by atoms with Crippen LogP contribution in [0.3, 0.4) is 0 Å². The highest BCUT2D eigenvalue weighted by molar-refractivity contribution is 6.03. The Morgan fingerprint density at radius 3 is 2.92 bits per heavy atom. The molecule has 124 valence electrons. The number of aromatic amines is 1. The van der Waals surface area contributed by atoms with Crippen LogP contribution < -0.4 is 10.6 Å². The van der Waals surface area contributed by atoms with Crippen molar-refractivity contribution in [2.75, 3.05) is 18.4 Å². The van der Waals surface area contributed by atoms with E-state index in [2.05, 4.69) is 25.9 Å². The van der Waals surface area contributed by atoms with E-state index in [4.69, 9.17) is 0 Å². The molecule has 3 heterocycles. The van der Waals surface area contributed by atoms with Gasteiger partial charge in [0.2, 0.25) is 0 Å². The molecule has 1 aromatic carbocycles. The zero-order valence-electron chi connectivity index (χ0n) is 13.5. The Balaban J connectivity index is 1.71. The van der Waals surface area contributed by atoms with E-state index in [0.717, 1.165) is 35.2 Å². The lowest BCUT2D eigenvalue weighted by atomic mass is 9.87. The van der Waals surface area contributed by atoms with Gasteiger partial charge in [0, 0.05) is 17.8 Å². The van der Waals surface area contributed by atoms with Crippen molar-refractivity contribution in [3.05, 3.63) is 42.4 Å². The van der Waals surface area contributed by atoms with Gasteiger partial charge >= 0.3 is 0 Å². The second-order valence-electron chi connectivity index (χ2n) is 6.28. The van der Waals surface area contributed by atoms with E-state index >= 15 is 0 Å². The van der Waals surface area contributed by atoms with Crippen LogP contribution in [0.1, 0.15) is 18.4 Å². The Labute approximate surface area is 139 Å². The van der Waals surface area contributed by atoms with E-state index in [1.807, 2.05) is 31.3 Å². The predicted molar refractivity (Wildman–Crippen MR) is 91.8 cm³/mol. The lowest BCUT2D eigenvalue weighted by molar-refractivity contribution is -0.126. The van der Waals surface area contributed by atoms with Gasteiger partial charge in [0.25, 0.3) is 5.91 Å². The van der Waals surface area contributed by atoms with Crippen molar-refractivity contribution in [2.24, 2.45) is 0 Å². The third-order valence-electron chi connectivity index (χ3n) is 4.88. The van der Waals surface area contributed by atoms with E-state index < -0.39 is 5.54 Å². The third-order valence-corrected chi connectivity index (χ3v) is 4.88. The average Bonchev–Trinajstić information content (AvgIpc) is 3.30. The minimum atomic E-state index is -0.661. The fourth-order valence-corrected chi connectivity index (χ4v) is 3.44. The Morgan fingerprint density at radius 1 is 1.33 bits per heavy atom. The number of benzene rings is 1. The van der Waals surface area contributed by atoms with E-state index in [1.54, 1.807) is 17.1 Å². The molecule has 0 saturated carbocycles. The number of amides is 1. The fourth-order valence-electron chi connectivity index (χ4n) is 3.44. The number of rotatable bonds is 3. The van der Waals surface area contributed by atoms with Crippen LogP contribution in [0.15, 0.2) is 36.8 Å². The highest BCUT2D eigenvalue weighted by atomic mass is 16.2. The highest BCUT2D eigenvalue weighted by Crippen LogP contribution is 2.30. The van der Waals surface area contributed by atoms with Crippen molar-refractivity contribution in [2.45, 2.75) is 25.3 Å². The molecule has 1 aliphatic heterocycles. The molecule has 0 bridgehead atoms. The van der Waals surface area contributed by atoms with Crippen molar-refractivity contribution in [1.82, 2.24) is 25.3 Å². The molecule has 7 nitrogen and oxygen atoms in total. The summed E-state index contributed by atoms with van der Waals surface area (Å²) < 4.78 is 1.79. The largest absolute Gasteiger partial charge is 0.322 e. The molecular weight excluding hydrogens is 304 g/mol. The molecule has 3 N–H and O–H groups in total. The molecule has 0 radical (unpaired) electrons. The van der Waals surface area contributed by atoms with Gasteiger partial charge in [-0.2, -0.15) is 10.2 Å². The number of nitrogens with zero attached hydrogens (tertiary/aromatic N) is 3. The summed E-state index contributed by atoms with van der Waals surface area (Å²) in [6, 6.07) is 5.78. The van der Waals surface area contributed by atoms with Crippen LogP contribution in [0.5, 0.6) is 0 Å². The normalized spacial score (nSPS) is 17.0. The summed E-state index contributed by atoms with van der Waals surface area (Å²) in [5.41, 5.74) is 2.07. The van der Waals surface area contributed by atoms with Gasteiger partial charge in [0.15, 0.2) is 0 Å². The second kappa shape index (κ2) is 5.76. The standard InChI is InChI=1S/C17H20N6O/c1-12-3-4-14(15-13(12)11-19-22-15)21-16(24)17(5-8-18-9-6-17)23-10-2-7-20-23/h2-4,7,10-11,18H,5-6,8-9H2,1H3,(H,19,22)(H,21,24). The molecule has 1 amide bonds. The first kappa shape index (κ1) is 14.9. The molecule has 1 fully saturated rings. The van der Waals surface area contributed by atoms with Crippen LogP contribution in [0, 0.1) is 6.92 Å². The van der Waals surface area contributed by atoms with E-state index in [-0.39, 0.29) is 5.91 Å². The summed E-state index contributed by atoms with van der Waals surface area (Å²) in [7, 11) is 0. The number of aromatic nitrogens is 4. The number of anilines is 1. The van der Waals surface area contributed by atoms with Crippen molar-refractivity contribution >= 4 is 22.5 Å². The molecule has 2 aromatic heterocycles. The van der Waals surface area contributed by atoms with E-state index in [9.17, 15) is 4.79 Å². The molecule has 0 atom stereocenters. The molecule has 1 aliphatic rings. The topological polar surface area (TPSA) is 87.6 Å². The summed E-state index contributed by atoms with van der Waals surface area (Å²) >= 11 is 0. The van der Waals surface area contributed by atoms with Gasteiger partial charge in [-0.05, 0) is 50.6 Å². The number of aryl methyl sites for hydroxylation is 1. The molecule has 1 saturated heterocycles. The number of piperidine rings is 1. The van der Waals surface area contributed by atoms with Gasteiger partial charge in [-0.15, -0.1) is 0 Å². The number of carbonyl (C=O) groups excluding carboxylic acids is 1. The smallest absolute Gasteiger partial charge is 0.252 e. The maximum absolute atomic E-state index is 13.2. The van der Waals surface area contributed by atoms with Crippen LogP contribution in [0.25, 0.3) is 10.9 Å². The van der Waals surface area contributed by atoms with Crippen LogP contribution in [0.2, 0.25) is 0 Å². The van der Waals surface area contributed by atoms with E-state index in [1.165, 1.54) is 0 Å². The summed E-state index contributed by atoms with van der Waals surface area (Å²) in [6.45, 7) is 3.61. The fraction of sp³-hybridized carbons (Fsp3) is 0.353. The van der Waals surface area contributed by atoms with Crippen molar-refractivity contribution in [3.63, 3.8) is 0 Å². The lowest BCUT2D eigenvalue weighted by Gasteiger charge is -2.36. The Bertz CT molecular complexity index is 860. The molecule has 7 heteroatoms. The molecule has 3 aromatic rings. The molecule has 0 spiro atoms. The summed E-state index contributed by atoms with van der Waals surface area (Å²) in [5.74, 6) is -0.0348. The number of hydrogen-bond donors (Lipinski definition) is 3. The zero-order chi connectivity index (χ0) is 16.6. The van der Waals surface area contributed by atoms with Crippen molar-refractivity contribution < 1.29 is 4.79 Å². The minimum Gasteiger partial charge on any atom is -0.322 e. The van der Waals surface area contributed by atoms with Gasteiger partial charge in [-0.3, -0.25) is 14.6 Å². The van der Waals surface area contributed by atoms with Gasteiger partial charge in [0.05, 0.1) is 17.4 Å². The maximum Gasteiger partial charge on any atom is 0.252 e. The SMILES string of the molecule is Cc1ccc(NC(=O)C2(n3cccn3)CCNCC2)c2[nH]ncc12. The summed E-state index contributed by atoms with van der Waals surface area (Å²) in [5, 5.41) is 18.9. The highest BCUT2D eigenvalue weighted by Gasteiger charge is 2.42. The van der Waals surface area contributed by atoms with Gasteiger partial charge in [0.1, 0.15) is 5.54 Å². The van der Waals surface area contributed by atoms with Crippen LogP contribution in [-0.2, 0) is 10.3 Å². The van der Waals surface area contributed by atoms with Crippen LogP contribution >= 0.6 is 0 Å². The van der Waals surface area contributed by atoms with Gasteiger partial charge < -0.3 is 10.6 Å². The number of H-pyrrole nitrogens is 1. The van der Waals surface area contributed by atoms with Crippen molar-refractivity contribution in [3.8, 4) is 0 Å². The van der Waals surface area contributed by atoms with Gasteiger partial charge in [-0.1, -0.05) is 6.07 Å². The number of nitrogens with one attached hydrogen (secondary N) is 3. The second-order valence-corrected chi connectivity index (χ2v) is 6.28. The molecular formula is C17H20N6O. The Kier molecular flexibility index (Phi) is 3.57. The molecule has 4 rings (SSSR count). The lowest BCUT2D eigenvalue weighted by Crippen LogP contribution is -2.52. The predicted octanol–water partition coefficient (Wildman–Crippen LogP) is 1.79. The Morgan fingerprint density at radius 2 is 2.17 bits per heavy atom. The molecule has 0 unspecified atom stereocenters. The summed E-state index contributed by atoms with van der Waals surface area (Å²) in [4.78, 5) is 13.2. The first-order chi connectivity index (χ1) is 11.7. The van der Waals surface area contributed by atoms with E-state index in [0.29, 0.717) is 12.8 Å².